The molecule has 0 aliphatic rings. The highest BCUT2D eigenvalue weighted by Gasteiger charge is 2.11. The molecule has 0 radical (unpaired) electrons. The van der Waals surface area contributed by atoms with Crippen LogP contribution in [0.3, 0.4) is 0 Å². The number of hydrogen-bond acceptors (Lipinski definition) is 4. The Morgan fingerprint density at radius 2 is 2.00 bits per heavy atom. The van der Waals surface area contributed by atoms with Gasteiger partial charge in [0.1, 0.15) is 0 Å². The van der Waals surface area contributed by atoms with E-state index in [2.05, 4.69) is 30.8 Å². The lowest BCUT2D eigenvalue weighted by atomic mass is 10.1. The minimum absolute atomic E-state index is 0.160. The number of rotatable bonds is 7. The van der Waals surface area contributed by atoms with Crippen LogP contribution in [0.2, 0.25) is 0 Å². The molecule has 106 valence electrons. The lowest BCUT2D eigenvalue weighted by Crippen LogP contribution is -2.27. The summed E-state index contributed by atoms with van der Waals surface area (Å²) in [7, 11) is 4.10. The Labute approximate surface area is 114 Å². The summed E-state index contributed by atoms with van der Waals surface area (Å²) in [4.78, 5) is 15.3. The van der Waals surface area contributed by atoms with Crippen LogP contribution in [0.15, 0.2) is 18.2 Å². The Kier molecular flexibility index (Phi) is 5.63. The van der Waals surface area contributed by atoms with Gasteiger partial charge >= 0.3 is 5.97 Å². The maximum Gasteiger partial charge on any atom is 0.337 e. The lowest BCUT2D eigenvalue weighted by molar-refractivity contribution is 0.0698. The summed E-state index contributed by atoms with van der Waals surface area (Å²) >= 11 is 0. The van der Waals surface area contributed by atoms with E-state index in [4.69, 9.17) is 10.8 Å². The number of anilines is 2. The van der Waals surface area contributed by atoms with Gasteiger partial charge in [-0.1, -0.05) is 0 Å². The fourth-order valence-corrected chi connectivity index (χ4v) is 1.99. The van der Waals surface area contributed by atoms with E-state index in [1.807, 2.05) is 6.07 Å². The highest BCUT2D eigenvalue weighted by atomic mass is 16.4. The molecule has 0 heterocycles. The van der Waals surface area contributed by atoms with Crippen molar-refractivity contribution in [1.82, 2.24) is 4.90 Å². The molecule has 0 amide bonds. The first-order valence-corrected chi connectivity index (χ1v) is 6.48. The minimum Gasteiger partial charge on any atom is -0.478 e. The molecule has 1 rings (SSSR count). The number of nitrogen functional groups attached to an aromatic ring is 1. The van der Waals surface area contributed by atoms with Crippen LogP contribution in [-0.2, 0) is 0 Å². The van der Waals surface area contributed by atoms with Crippen molar-refractivity contribution in [2.75, 3.05) is 44.4 Å². The fraction of sp³-hybridized carbons (Fsp3) is 0.500. The summed E-state index contributed by atoms with van der Waals surface area (Å²) < 4.78 is 0. The van der Waals surface area contributed by atoms with E-state index in [1.165, 1.54) is 0 Å². The molecule has 0 bridgehead atoms. The van der Waals surface area contributed by atoms with Gasteiger partial charge in [0, 0.05) is 24.5 Å². The molecule has 0 fully saturated rings. The van der Waals surface area contributed by atoms with Crippen molar-refractivity contribution in [1.29, 1.82) is 0 Å². The van der Waals surface area contributed by atoms with Crippen molar-refractivity contribution in [2.24, 2.45) is 0 Å². The second kappa shape index (κ2) is 6.99. The number of carboxylic acid groups (broad SMARTS) is 1. The third-order valence-electron chi connectivity index (χ3n) is 3.05. The van der Waals surface area contributed by atoms with E-state index in [0.717, 1.165) is 31.7 Å². The molecule has 0 spiro atoms. The standard InChI is InChI=1S/C14H23N3O2/c1-4-17(9-5-8-16(2)3)11-6-7-12(14(18)19)13(15)10-11/h6-7,10H,4-5,8-9,15H2,1-3H3,(H,18,19). The largest absolute Gasteiger partial charge is 0.478 e. The number of carboxylic acids is 1. The molecule has 0 aliphatic heterocycles. The van der Waals surface area contributed by atoms with Gasteiger partial charge in [0.15, 0.2) is 0 Å². The molecule has 0 unspecified atom stereocenters. The SMILES string of the molecule is CCN(CCCN(C)C)c1ccc(C(=O)O)c(N)c1. The number of benzene rings is 1. The average Bonchev–Trinajstić information content (AvgIpc) is 2.33. The molecule has 0 aromatic heterocycles. The maximum atomic E-state index is 10.9. The molecular formula is C14H23N3O2. The van der Waals surface area contributed by atoms with Gasteiger partial charge in [-0.25, -0.2) is 4.79 Å². The zero-order valence-electron chi connectivity index (χ0n) is 11.9. The summed E-state index contributed by atoms with van der Waals surface area (Å²) in [5.41, 5.74) is 7.23. The van der Waals surface area contributed by atoms with E-state index in [-0.39, 0.29) is 5.56 Å². The third kappa shape index (κ3) is 4.44. The van der Waals surface area contributed by atoms with Crippen molar-refractivity contribution in [3.8, 4) is 0 Å². The summed E-state index contributed by atoms with van der Waals surface area (Å²) in [6, 6.07) is 5.13. The predicted octanol–water partition coefficient (Wildman–Crippen LogP) is 1.74. The van der Waals surface area contributed by atoms with Crippen LogP contribution in [0, 0.1) is 0 Å². The average molecular weight is 265 g/mol. The Hall–Kier alpha value is -1.75. The van der Waals surface area contributed by atoms with Crippen LogP contribution >= 0.6 is 0 Å². The van der Waals surface area contributed by atoms with E-state index in [1.54, 1.807) is 12.1 Å². The van der Waals surface area contributed by atoms with Gasteiger partial charge in [-0.2, -0.15) is 0 Å². The van der Waals surface area contributed by atoms with Crippen molar-refractivity contribution in [2.45, 2.75) is 13.3 Å². The van der Waals surface area contributed by atoms with Crippen LogP contribution in [0.1, 0.15) is 23.7 Å². The quantitative estimate of drug-likeness (QED) is 0.735. The van der Waals surface area contributed by atoms with Crippen LogP contribution in [0.5, 0.6) is 0 Å². The summed E-state index contributed by atoms with van der Waals surface area (Å²) in [6.45, 7) is 4.91. The normalized spacial score (nSPS) is 10.7. The van der Waals surface area contributed by atoms with Crippen molar-refractivity contribution in [3.05, 3.63) is 23.8 Å². The summed E-state index contributed by atoms with van der Waals surface area (Å²) in [6.07, 6.45) is 1.06. The monoisotopic (exact) mass is 265 g/mol. The number of nitrogens with two attached hydrogens (primary N) is 1. The van der Waals surface area contributed by atoms with E-state index < -0.39 is 5.97 Å². The number of nitrogens with zero attached hydrogens (tertiary/aromatic N) is 2. The first kappa shape index (κ1) is 15.3. The Morgan fingerprint density at radius 3 is 2.47 bits per heavy atom. The van der Waals surface area contributed by atoms with Crippen molar-refractivity contribution >= 4 is 17.3 Å². The molecule has 19 heavy (non-hydrogen) atoms. The molecule has 1 aromatic rings. The Bertz CT molecular complexity index is 433. The van der Waals surface area contributed by atoms with Gasteiger partial charge in [-0.3, -0.25) is 0 Å². The van der Waals surface area contributed by atoms with Crippen LogP contribution in [0.4, 0.5) is 11.4 Å². The Morgan fingerprint density at radius 1 is 1.32 bits per heavy atom. The molecular weight excluding hydrogens is 242 g/mol. The Balaban J connectivity index is 2.76. The molecule has 5 heteroatoms. The highest BCUT2D eigenvalue weighted by molar-refractivity contribution is 5.94. The van der Waals surface area contributed by atoms with Gasteiger partial charge < -0.3 is 20.6 Å². The molecule has 1 aromatic carbocycles. The van der Waals surface area contributed by atoms with Gasteiger partial charge in [0.05, 0.1) is 5.56 Å². The zero-order chi connectivity index (χ0) is 14.4. The maximum absolute atomic E-state index is 10.9. The van der Waals surface area contributed by atoms with Gasteiger partial charge in [-0.15, -0.1) is 0 Å². The first-order valence-electron chi connectivity index (χ1n) is 6.48. The van der Waals surface area contributed by atoms with Crippen molar-refractivity contribution in [3.63, 3.8) is 0 Å². The minimum atomic E-state index is -0.986. The van der Waals surface area contributed by atoms with E-state index >= 15 is 0 Å². The van der Waals surface area contributed by atoms with E-state index in [9.17, 15) is 4.79 Å². The topological polar surface area (TPSA) is 69.8 Å². The number of carbonyl (C=O) groups is 1. The molecule has 0 saturated heterocycles. The van der Waals surface area contributed by atoms with Gasteiger partial charge in [0.25, 0.3) is 0 Å². The highest BCUT2D eigenvalue weighted by Crippen LogP contribution is 2.21. The first-order chi connectivity index (χ1) is 8.95. The number of aromatic carboxylic acids is 1. The smallest absolute Gasteiger partial charge is 0.337 e. The van der Waals surface area contributed by atoms with Crippen LogP contribution in [0.25, 0.3) is 0 Å². The van der Waals surface area contributed by atoms with E-state index in [0.29, 0.717) is 5.69 Å². The van der Waals surface area contributed by atoms with Gasteiger partial charge in [-0.05, 0) is 52.2 Å². The second-order valence-electron chi connectivity index (χ2n) is 4.81. The van der Waals surface area contributed by atoms with Crippen LogP contribution in [-0.4, -0.2) is 49.7 Å². The van der Waals surface area contributed by atoms with Crippen LogP contribution < -0.4 is 10.6 Å². The summed E-state index contributed by atoms with van der Waals surface area (Å²) in [5, 5.41) is 8.96. The predicted molar refractivity (Wildman–Crippen MR) is 78.9 cm³/mol. The molecule has 0 aliphatic carbocycles. The molecule has 5 nitrogen and oxygen atoms in total. The zero-order valence-corrected chi connectivity index (χ0v) is 11.9. The molecule has 0 saturated carbocycles. The molecule has 3 N–H and O–H groups in total. The second-order valence-corrected chi connectivity index (χ2v) is 4.81. The van der Waals surface area contributed by atoms with Crippen molar-refractivity contribution < 1.29 is 9.90 Å². The molecule has 0 atom stereocenters. The lowest BCUT2D eigenvalue weighted by Gasteiger charge is -2.24. The third-order valence-corrected chi connectivity index (χ3v) is 3.05. The van der Waals surface area contributed by atoms with Gasteiger partial charge in [0.2, 0.25) is 0 Å². The fourth-order valence-electron chi connectivity index (χ4n) is 1.99. The number of hydrogen-bond donors (Lipinski definition) is 2. The summed E-state index contributed by atoms with van der Waals surface area (Å²) in [5.74, 6) is -0.986.